The van der Waals surface area contributed by atoms with Crippen LogP contribution in [-0.2, 0) is 0 Å². The van der Waals surface area contributed by atoms with Gasteiger partial charge in [0, 0.05) is 6.54 Å². The van der Waals surface area contributed by atoms with E-state index in [9.17, 15) is 0 Å². The topological polar surface area (TPSA) is 3.24 Å². The SMILES string of the molecule is CC(C)(C)C1CCN(CC(CS)C(C)(C)C)CC1. The van der Waals surface area contributed by atoms with Crippen molar-refractivity contribution < 1.29 is 0 Å². The largest absolute Gasteiger partial charge is 0.303 e. The Morgan fingerprint density at radius 1 is 1.06 bits per heavy atom. The van der Waals surface area contributed by atoms with Crippen LogP contribution in [0.3, 0.4) is 0 Å². The molecular formula is C16H33NS. The minimum absolute atomic E-state index is 0.378. The zero-order valence-corrected chi connectivity index (χ0v) is 14.2. The van der Waals surface area contributed by atoms with Gasteiger partial charge in [-0.2, -0.15) is 12.6 Å². The van der Waals surface area contributed by atoms with Crippen LogP contribution < -0.4 is 0 Å². The van der Waals surface area contributed by atoms with Crippen LogP contribution in [0, 0.1) is 22.7 Å². The molecule has 1 heterocycles. The fourth-order valence-corrected chi connectivity index (χ4v) is 3.56. The van der Waals surface area contributed by atoms with Crippen molar-refractivity contribution in [3.05, 3.63) is 0 Å². The third kappa shape index (κ3) is 4.77. The van der Waals surface area contributed by atoms with Gasteiger partial charge in [-0.1, -0.05) is 41.5 Å². The van der Waals surface area contributed by atoms with E-state index in [1.165, 1.54) is 32.5 Å². The normalized spacial score (nSPS) is 22.2. The Morgan fingerprint density at radius 2 is 1.56 bits per heavy atom. The highest BCUT2D eigenvalue weighted by Gasteiger charge is 2.31. The summed E-state index contributed by atoms with van der Waals surface area (Å²) in [5.74, 6) is 2.60. The molecule has 2 heteroatoms. The number of piperidine rings is 1. The van der Waals surface area contributed by atoms with Crippen molar-refractivity contribution in [1.29, 1.82) is 0 Å². The monoisotopic (exact) mass is 271 g/mol. The van der Waals surface area contributed by atoms with Crippen molar-refractivity contribution in [2.45, 2.75) is 54.4 Å². The molecule has 1 aliphatic heterocycles. The Kier molecular flexibility index (Phi) is 5.61. The van der Waals surface area contributed by atoms with Crippen LogP contribution in [0.25, 0.3) is 0 Å². The van der Waals surface area contributed by atoms with Gasteiger partial charge in [0.05, 0.1) is 0 Å². The minimum atomic E-state index is 0.378. The van der Waals surface area contributed by atoms with Gasteiger partial charge in [-0.15, -0.1) is 0 Å². The summed E-state index contributed by atoms with van der Waals surface area (Å²) in [5, 5.41) is 0. The fourth-order valence-electron chi connectivity index (χ4n) is 2.90. The van der Waals surface area contributed by atoms with Gasteiger partial charge in [0.15, 0.2) is 0 Å². The van der Waals surface area contributed by atoms with Gasteiger partial charge in [-0.3, -0.25) is 0 Å². The van der Waals surface area contributed by atoms with E-state index in [1.807, 2.05) is 0 Å². The Hall–Kier alpha value is 0.310. The summed E-state index contributed by atoms with van der Waals surface area (Å²) < 4.78 is 0. The molecule has 0 aromatic rings. The average Bonchev–Trinajstić information content (AvgIpc) is 2.23. The Morgan fingerprint density at radius 3 is 1.89 bits per heavy atom. The van der Waals surface area contributed by atoms with Crippen LogP contribution in [0.15, 0.2) is 0 Å². The summed E-state index contributed by atoms with van der Waals surface area (Å²) in [6, 6.07) is 0. The van der Waals surface area contributed by atoms with E-state index in [1.54, 1.807) is 0 Å². The molecule has 108 valence electrons. The van der Waals surface area contributed by atoms with Crippen LogP contribution in [-0.4, -0.2) is 30.3 Å². The average molecular weight is 272 g/mol. The second-order valence-electron chi connectivity index (χ2n) is 8.19. The molecule has 1 fully saturated rings. The number of likely N-dealkylation sites (tertiary alicyclic amines) is 1. The number of rotatable bonds is 3. The first-order valence-electron chi connectivity index (χ1n) is 7.48. The quantitative estimate of drug-likeness (QED) is 0.748. The summed E-state index contributed by atoms with van der Waals surface area (Å²) in [4.78, 5) is 2.66. The van der Waals surface area contributed by atoms with Crippen molar-refractivity contribution in [2.75, 3.05) is 25.4 Å². The molecule has 0 aromatic heterocycles. The first-order valence-corrected chi connectivity index (χ1v) is 8.11. The molecule has 0 aromatic carbocycles. The lowest BCUT2D eigenvalue weighted by atomic mass is 9.75. The molecule has 0 spiro atoms. The lowest BCUT2D eigenvalue weighted by Crippen LogP contribution is -2.43. The zero-order valence-electron chi connectivity index (χ0n) is 13.3. The highest BCUT2D eigenvalue weighted by atomic mass is 32.1. The highest BCUT2D eigenvalue weighted by Crippen LogP contribution is 2.35. The van der Waals surface area contributed by atoms with E-state index in [0.717, 1.165) is 11.7 Å². The van der Waals surface area contributed by atoms with Gasteiger partial charge in [-0.25, -0.2) is 0 Å². The standard InChI is InChI=1S/C16H33NS/c1-15(2,3)13-7-9-17(10-8-13)11-14(12-18)16(4,5)6/h13-14,18H,7-12H2,1-6H3. The maximum Gasteiger partial charge on any atom is 0.00225 e. The molecule has 0 N–H and O–H groups in total. The highest BCUT2D eigenvalue weighted by molar-refractivity contribution is 7.80. The lowest BCUT2D eigenvalue weighted by molar-refractivity contribution is 0.0853. The van der Waals surface area contributed by atoms with E-state index in [0.29, 0.717) is 16.7 Å². The van der Waals surface area contributed by atoms with E-state index in [4.69, 9.17) is 0 Å². The van der Waals surface area contributed by atoms with Gasteiger partial charge in [0.25, 0.3) is 0 Å². The van der Waals surface area contributed by atoms with Gasteiger partial charge < -0.3 is 4.90 Å². The van der Waals surface area contributed by atoms with Crippen molar-refractivity contribution in [3.8, 4) is 0 Å². The second-order valence-corrected chi connectivity index (χ2v) is 8.55. The first kappa shape index (κ1) is 16.4. The molecule has 0 bridgehead atoms. The molecule has 1 atom stereocenters. The maximum atomic E-state index is 4.55. The van der Waals surface area contributed by atoms with Crippen LogP contribution in [0.4, 0.5) is 0 Å². The molecule has 0 saturated carbocycles. The molecule has 1 nitrogen and oxygen atoms in total. The maximum absolute atomic E-state index is 4.55. The van der Waals surface area contributed by atoms with Crippen molar-refractivity contribution in [1.82, 2.24) is 4.90 Å². The molecule has 1 saturated heterocycles. The van der Waals surface area contributed by atoms with Crippen LogP contribution >= 0.6 is 12.6 Å². The molecule has 0 aliphatic carbocycles. The summed E-state index contributed by atoms with van der Waals surface area (Å²) >= 11 is 4.55. The van der Waals surface area contributed by atoms with Crippen molar-refractivity contribution in [3.63, 3.8) is 0 Å². The molecular weight excluding hydrogens is 238 g/mol. The number of thiol groups is 1. The lowest BCUT2D eigenvalue weighted by Gasteiger charge is -2.41. The van der Waals surface area contributed by atoms with Gasteiger partial charge in [-0.05, 0) is 54.3 Å². The van der Waals surface area contributed by atoms with Gasteiger partial charge in [0.1, 0.15) is 0 Å². The van der Waals surface area contributed by atoms with Crippen molar-refractivity contribution in [2.24, 2.45) is 22.7 Å². The van der Waals surface area contributed by atoms with Gasteiger partial charge in [0.2, 0.25) is 0 Å². The summed E-state index contributed by atoms with van der Waals surface area (Å²) in [7, 11) is 0. The van der Waals surface area contributed by atoms with Crippen LogP contribution in [0.2, 0.25) is 0 Å². The van der Waals surface area contributed by atoms with Crippen molar-refractivity contribution >= 4 is 12.6 Å². The number of hydrogen-bond acceptors (Lipinski definition) is 2. The van der Waals surface area contributed by atoms with E-state index in [-0.39, 0.29) is 0 Å². The molecule has 1 unspecified atom stereocenters. The van der Waals surface area contributed by atoms with E-state index in [2.05, 4.69) is 59.1 Å². The number of nitrogens with zero attached hydrogens (tertiary/aromatic N) is 1. The predicted octanol–water partition coefficient (Wildman–Crippen LogP) is 4.34. The molecule has 1 rings (SSSR count). The second kappa shape index (κ2) is 6.17. The third-order valence-corrected chi connectivity index (χ3v) is 5.18. The Bertz CT molecular complexity index is 241. The van der Waals surface area contributed by atoms with Gasteiger partial charge >= 0.3 is 0 Å². The minimum Gasteiger partial charge on any atom is -0.303 e. The molecule has 0 radical (unpaired) electrons. The molecule has 1 aliphatic rings. The summed E-state index contributed by atoms with van der Waals surface area (Å²) in [6.07, 6.45) is 2.74. The number of hydrogen-bond donors (Lipinski definition) is 1. The molecule has 0 amide bonds. The Balaban J connectivity index is 2.44. The van der Waals surface area contributed by atoms with Crippen LogP contribution in [0.1, 0.15) is 54.4 Å². The van der Waals surface area contributed by atoms with E-state index >= 15 is 0 Å². The Labute approximate surface area is 120 Å². The zero-order chi connectivity index (χ0) is 14.0. The summed E-state index contributed by atoms with van der Waals surface area (Å²) in [5.41, 5.74) is 0.863. The smallest absolute Gasteiger partial charge is 0.00225 e. The molecule has 18 heavy (non-hydrogen) atoms. The first-order chi connectivity index (χ1) is 8.14. The van der Waals surface area contributed by atoms with Crippen LogP contribution in [0.5, 0.6) is 0 Å². The summed E-state index contributed by atoms with van der Waals surface area (Å²) in [6.45, 7) is 18.0. The fraction of sp³-hybridized carbons (Fsp3) is 1.00. The van der Waals surface area contributed by atoms with E-state index < -0.39 is 0 Å². The third-order valence-electron chi connectivity index (χ3n) is 4.74. The predicted molar refractivity (Wildman–Crippen MR) is 85.4 cm³/mol.